The Morgan fingerprint density at radius 1 is 1.11 bits per heavy atom. The van der Waals surface area contributed by atoms with E-state index in [9.17, 15) is 4.79 Å². The molecule has 1 aliphatic rings. The topological polar surface area (TPSA) is 78.3 Å². The van der Waals surface area contributed by atoms with Gasteiger partial charge in [-0.05, 0) is 55.2 Å². The summed E-state index contributed by atoms with van der Waals surface area (Å²) in [6.45, 7) is 6.94. The molecule has 190 valence electrons. The molecule has 0 radical (unpaired) electrons. The predicted molar refractivity (Wildman–Crippen MR) is 146 cm³/mol. The number of hydrogen-bond acceptors (Lipinski definition) is 7. The summed E-state index contributed by atoms with van der Waals surface area (Å²) < 4.78 is 14.4. The third-order valence-corrected chi connectivity index (χ3v) is 7.31. The average Bonchev–Trinajstić information content (AvgIpc) is 3.29. The van der Waals surface area contributed by atoms with Crippen molar-refractivity contribution in [1.82, 2.24) is 14.8 Å². The van der Waals surface area contributed by atoms with Crippen LogP contribution in [-0.2, 0) is 16.1 Å². The molecule has 0 bridgehead atoms. The van der Waals surface area contributed by atoms with Crippen LogP contribution in [0.25, 0.3) is 0 Å². The van der Waals surface area contributed by atoms with Gasteiger partial charge in [0, 0.05) is 15.9 Å². The van der Waals surface area contributed by atoms with Gasteiger partial charge in [-0.2, -0.15) is 4.98 Å². The van der Waals surface area contributed by atoms with E-state index >= 15 is 0 Å². The Bertz CT molecular complexity index is 1210. The quantitative estimate of drug-likeness (QED) is 0.155. The SMILES string of the molecule is CCCCOC(=O)C1=C(C)Nc2nc(SCCC)nn2C1c1ccc(OCc2ccc(Br)cc2)cc1. The van der Waals surface area contributed by atoms with Gasteiger partial charge in [-0.1, -0.05) is 72.2 Å². The zero-order valence-corrected chi connectivity index (χ0v) is 23.2. The minimum absolute atomic E-state index is 0.335. The predicted octanol–water partition coefficient (Wildman–Crippen LogP) is 6.75. The minimum Gasteiger partial charge on any atom is -0.489 e. The maximum absolute atomic E-state index is 13.2. The van der Waals surface area contributed by atoms with Gasteiger partial charge >= 0.3 is 5.97 Å². The van der Waals surface area contributed by atoms with E-state index in [4.69, 9.17) is 14.6 Å². The average molecular weight is 572 g/mol. The molecule has 4 rings (SSSR count). The normalized spacial score (nSPS) is 14.8. The highest BCUT2D eigenvalue weighted by Gasteiger charge is 2.35. The van der Waals surface area contributed by atoms with E-state index in [0.29, 0.717) is 29.9 Å². The summed E-state index contributed by atoms with van der Waals surface area (Å²) in [5.41, 5.74) is 3.26. The van der Waals surface area contributed by atoms with Crippen molar-refractivity contribution in [2.75, 3.05) is 17.7 Å². The molecule has 1 N–H and O–H groups in total. The number of carbonyl (C=O) groups excluding carboxylic acids is 1. The van der Waals surface area contributed by atoms with Gasteiger partial charge in [0.1, 0.15) is 18.4 Å². The zero-order chi connectivity index (χ0) is 25.5. The molecule has 0 saturated carbocycles. The van der Waals surface area contributed by atoms with Crippen LogP contribution >= 0.6 is 27.7 Å². The van der Waals surface area contributed by atoms with E-state index < -0.39 is 6.04 Å². The van der Waals surface area contributed by atoms with Crippen LogP contribution in [-0.4, -0.2) is 33.1 Å². The van der Waals surface area contributed by atoms with Gasteiger partial charge in [0.2, 0.25) is 11.1 Å². The van der Waals surface area contributed by atoms with Crippen molar-refractivity contribution < 1.29 is 14.3 Å². The third kappa shape index (κ3) is 6.31. The molecule has 36 heavy (non-hydrogen) atoms. The van der Waals surface area contributed by atoms with Crippen LogP contribution in [0, 0.1) is 0 Å². The van der Waals surface area contributed by atoms with Crippen molar-refractivity contribution in [1.29, 1.82) is 0 Å². The molecule has 0 fully saturated rings. The lowest BCUT2D eigenvalue weighted by molar-refractivity contribution is -0.139. The number of ether oxygens (including phenoxy) is 2. The highest BCUT2D eigenvalue weighted by Crippen LogP contribution is 2.37. The lowest BCUT2D eigenvalue weighted by Gasteiger charge is -2.28. The second-order valence-electron chi connectivity index (χ2n) is 8.55. The number of esters is 1. The second-order valence-corrected chi connectivity index (χ2v) is 10.5. The number of nitrogens with zero attached hydrogens (tertiary/aromatic N) is 3. The molecule has 9 heteroatoms. The first-order valence-electron chi connectivity index (χ1n) is 12.2. The Kier molecular flexibility index (Phi) is 9.09. The number of thioether (sulfide) groups is 1. The van der Waals surface area contributed by atoms with Gasteiger partial charge in [0.15, 0.2) is 0 Å². The molecule has 1 unspecified atom stereocenters. The molecule has 0 spiro atoms. The number of rotatable bonds is 11. The zero-order valence-electron chi connectivity index (χ0n) is 20.8. The summed E-state index contributed by atoms with van der Waals surface area (Å²) in [5, 5.41) is 8.69. The van der Waals surface area contributed by atoms with Crippen molar-refractivity contribution in [2.45, 2.75) is 57.8 Å². The molecule has 1 atom stereocenters. The molecule has 0 saturated heterocycles. The number of nitrogens with one attached hydrogen (secondary N) is 1. The van der Waals surface area contributed by atoms with Crippen LogP contribution in [0.15, 0.2) is 69.4 Å². The second kappa shape index (κ2) is 12.5. The summed E-state index contributed by atoms with van der Waals surface area (Å²) in [7, 11) is 0. The number of aromatic nitrogens is 3. The fraction of sp³-hybridized carbons (Fsp3) is 0.370. The minimum atomic E-state index is -0.445. The number of unbranched alkanes of at least 4 members (excludes halogenated alkanes) is 1. The molecular formula is C27H31BrN4O3S. The number of benzene rings is 2. The summed E-state index contributed by atoms with van der Waals surface area (Å²) in [5.74, 6) is 1.97. The van der Waals surface area contributed by atoms with Crippen LogP contribution in [0.4, 0.5) is 5.95 Å². The van der Waals surface area contributed by atoms with Gasteiger partial charge in [-0.3, -0.25) is 0 Å². The van der Waals surface area contributed by atoms with Crippen LogP contribution in [0.1, 0.15) is 57.2 Å². The maximum atomic E-state index is 13.2. The highest BCUT2D eigenvalue weighted by molar-refractivity contribution is 9.10. The van der Waals surface area contributed by atoms with Gasteiger partial charge in [0.25, 0.3) is 0 Å². The molecular weight excluding hydrogens is 540 g/mol. The van der Waals surface area contributed by atoms with Crippen LogP contribution in [0.3, 0.4) is 0 Å². The fourth-order valence-electron chi connectivity index (χ4n) is 3.84. The molecule has 1 aliphatic heterocycles. The first kappa shape index (κ1) is 26.3. The van der Waals surface area contributed by atoms with Gasteiger partial charge < -0.3 is 14.8 Å². The molecule has 1 aromatic heterocycles. The third-order valence-electron chi connectivity index (χ3n) is 5.73. The molecule has 2 aromatic carbocycles. The molecule has 0 amide bonds. The van der Waals surface area contributed by atoms with E-state index in [1.807, 2.05) is 55.5 Å². The van der Waals surface area contributed by atoms with E-state index in [0.717, 1.165) is 52.1 Å². The Labute approximate surface area is 224 Å². The van der Waals surface area contributed by atoms with Crippen LogP contribution in [0.2, 0.25) is 0 Å². The highest BCUT2D eigenvalue weighted by atomic mass is 79.9. The number of anilines is 1. The van der Waals surface area contributed by atoms with Gasteiger partial charge in [-0.15, -0.1) is 5.10 Å². The lowest BCUT2D eigenvalue weighted by atomic mass is 9.96. The maximum Gasteiger partial charge on any atom is 0.338 e. The largest absolute Gasteiger partial charge is 0.489 e. The summed E-state index contributed by atoms with van der Waals surface area (Å²) in [6, 6.07) is 15.4. The Hall–Kier alpha value is -2.78. The van der Waals surface area contributed by atoms with E-state index in [-0.39, 0.29) is 5.97 Å². The number of allylic oxidation sites excluding steroid dienone is 1. The number of carbonyl (C=O) groups is 1. The Balaban J connectivity index is 1.60. The molecule has 0 aliphatic carbocycles. The number of hydrogen-bond donors (Lipinski definition) is 1. The summed E-state index contributed by atoms with van der Waals surface area (Å²) in [4.78, 5) is 17.9. The number of halogens is 1. The van der Waals surface area contributed by atoms with Crippen molar-refractivity contribution in [3.8, 4) is 5.75 Å². The van der Waals surface area contributed by atoms with Crippen LogP contribution < -0.4 is 10.1 Å². The van der Waals surface area contributed by atoms with E-state index in [2.05, 4.69) is 40.1 Å². The van der Waals surface area contributed by atoms with Gasteiger partial charge in [-0.25, -0.2) is 9.48 Å². The van der Waals surface area contributed by atoms with Crippen LogP contribution in [0.5, 0.6) is 5.75 Å². The lowest BCUT2D eigenvalue weighted by Crippen LogP contribution is -2.29. The standard InChI is InChI=1S/C27H31BrN4O3S/c1-4-6-15-34-25(33)23-18(3)29-26-30-27(36-16-5-2)31-32(26)24(23)20-9-13-22(14-10-20)35-17-19-7-11-21(28)12-8-19/h7-14,24H,4-6,15-17H2,1-3H3,(H,29,30,31). The fourth-order valence-corrected chi connectivity index (χ4v) is 4.79. The van der Waals surface area contributed by atoms with Crippen molar-refractivity contribution in [2.24, 2.45) is 0 Å². The molecule has 3 aromatic rings. The first-order chi connectivity index (χ1) is 17.5. The van der Waals surface area contributed by atoms with Gasteiger partial charge in [0.05, 0.1) is 12.2 Å². The Morgan fingerprint density at radius 2 is 1.86 bits per heavy atom. The number of fused-ring (bicyclic) bond motifs is 1. The van der Waals surface area contributed by atoms with Crippen molar-refractivity contribution >= 4 is 39.6 Å². The van der Waals surface area contributed by atoms with E-state index in [1.54, 1.807) is 16.4 Å². The van der Waals surface area contributed by atoms with Crippen molar-refractivity contribution in [3.63, 3.8) is 0 Å². The van der Waals surface area contributed by atoms with Crippen molar-refractivity contribution in [3.05, 3.63) is 75.4 Å². The first-order valence-corrected chi connectivity index (χ1v) is 14.0. The monoisotopic (exact) mass is 570 g/mol. The molecule has 7 nitrogen and oxygen atoms in total. The Morgan fingerprint density at radius 3 is 2.56 bits per heavy atom. The smallest absolute Gasteiger partial charge is 0.338 e. The molecule has 2 heterocycles. The van der Waals surface area contributed by atoms with E-state index in [1.165, 1.54) is 0 Å². The summed E-state index contributed by atoms with van der Waals surface area (Å²) >= 11 is 5.06. The summed E-state index contributed by atoms with van der Waals surface area (Å²) in [6.07, 6.45) is 2.81.